The van der Waals surface area contributed by atoms with E-state index in [9.17, 15) is 0 Å². The number of fused-ring (bicyclic) bond motifs is 1. The first kappa shape index (κ1) is 6.87. The molecule has 0 N–H and O–H groups in total. The monoisotopic (exact) mass is 164 g/mol. The predicted octanol–water partition coefficient (Wildman–Crippen LogP) is 2.13. The Hall–Kier alpha value is -0.810. The fourth-order valence-electron chi connectivity index (χ4n) is 1.24. The molecule has 0 saturated heterocycles. The van der Waals surface area contributed by atoms with E-state index in [1.54, 1.807) is 0 Å². The van der Waals surface area contributed by atoms with Crippen molar-refractivity contribution in [2.45, 2.75) is 6.42 Å². The van der Waals surface area contributed by atoms with Gasteiger partial charge >= 0.3 is 0 Å². The third-order valence-corrected chi connectivity index (χ3v) is 2.34. The summed E-state index contributed by atoms with van der Waals surface area (Å²) in [4.78, 5) is 0. The maximum atomic E-state index is 5.44. The zero-order valence-corrected chi connectivity index (χ0v) is 7.13. The van der Waals surface area contributed by atoms with Crippen molar-refractivity contribution < 1.29 is 4.74 Å². The van der Waals surface area contributed by atoms with E-state index in [1.165, 1.54) is 10.9 Å². The van der Waals surface area contributed by atoms with Crippen molar-refractivity contribution in [2.75, 3.05) is 6.61 Å². The highest BCUT2D eigenvalue weighted by atomic mass is 31.0. The van der Waals surface area contributed by atoms with Crippen molar-refractivity contribution in [1.29, 1.82) is 0 Å². The lowest BCUT2D eigenvalue weighted by molar-refractivity contribution is 0.321. The molecular formula is C9H9OP. The Kier molecular flexibility index (Phi) is 1.67. The van der Waals surface area contributed by atoms with Crippen molar-refractivity contribution in [2.24, 2.45) is 0 Å². The van der Waals surface area contributed by atoms with Crippen LogP contribution in [0.2, 0.25) is 0 Å². The molecule has 1 aliphatic heterocycles. The first-order valence-corrected chi connectivity index (χ1v) is 4.17. The molecule has 0 amide bonds. The number of hydrogen-bond acceptors (Lipinski definition) is 1. The fourth-order valence-corrected chi connectivity index (χ4v) is 1.55. The average Bonchev–Trinajstić information content (AvgIpc) is 2.06. The van der Waals surface area contributed by atoms with Crippen molar-refractivity contribution >= 4 is 14.2 Å². The molecule has 0 spiro atoms. The summed E-state index contributed by atoms with van der Waals surface area (Å²) in [6.45, 7) is 0.788. The van der Waals surface area contributed by atoms with Crippen LogP contribution < -0.4 is 4.74 Å². The number of para-hydroxylation sites is 1. The first-order valence-electron chi connectivity index (χ1n) is 3.67. The third-order valence-electron chi connectivity index (χ3n) is 1.82. The molecule has 11 heavy (non-hydrogen) atoms. The SMILES string of the molecule is P=C1CCOc2ccccc21. The summed E-state index contributed by atoms with van der Waals surface area (Å²) in [5, 5.41) is 1.24. The van der Waals surface area contributed by atoms with Crippen LogP contribution in [-0.4, -0.2) is 11.9 Å². The molecule has 1 aromatic rings. The molecule has 2 rings (SSSR count). The Labute approximate surface area is 68.2 Å². The second kappa shape index (κ2) is 2.67. The van der Waals surface area contributed by atoms with Crippen LogP contribution >= 0.6 is 8.86 Å². The topological polar surface area (TPSA) is 9.23 Å². The van der Waals surface area contributed by atoms with Gasteiger partial charge in [0.05, 0.1) is 6.61 Å². The van der Waals surface area contributed by atoms with Crippen LogP contribution in [0, 0.1) is 0 Å². The average molecular weight is 164 g/mol. The molecular weight excluding hydrogens is 155 g/mol. The van der Waals surface area contributed by atoms with E-state index in [0.29, 0.717) is 0 Å². The van der Waals surface area contributed by atoms with Crippen LogP contribution in [0.1, 0.15) is 12.0 Å². The molecule has 56 valence electrons. The highest BCUT2D eigenvalue weighted by Crippen LogP contribution is 2.24. The molecule has 0 saturated carbocycles. The lowest BCUT2D eigenvalue weighted by atomic mass is 10.1. The number of hydrogen-bond donors (Lipinski definition) is 0. The molecule has 2 heteroatoms. The van der Waals surface area contributed by atoms with E-state index >= 15 is 0 Å². The van der Waals surface area contributed by atoms with E-state index in [0.717, 1.165) is 18.8 Å². The minimum Gasteiger partial charge on any atom is -0.493 e. The highest BCUT2D eigenvalue weighted by Gasteiger charge is 2.11. The van der Waals surface area contributed by atoms with Crippen LogP contribution in [0.5, 0.6) is 5.75 Å². The Balaban J connectivity index is 2.52. The Morgan fingerprint density at radius 2 is 2.09 bits per heavy atom. The zero-order valence-electron chi connectivity index (χ0n) is 6.13. The van der Waals surface area contributed by atoms with E-state index in [4.69, 9.17) is 4.74 Å². The van der Waals surface area contributed by atoms with Crippen LogP contribution in [0.25, 0.3) is 0 Å². The van der Waals surface area contributed by atoms with E-state index in [-0.39, 0.29) is 0 Å². The van der Waals surface area contributed by atoms with Crippen molar-refractivity contribution in [3.8, 4) is 5.75 Å². The maximum Gasteiger partial charge on any atom is 0.127 e. The summed E-state index contributed by atoms with van der Waals surface area (Å²) >= 11 is 0. The number of rotatable bonds is 0. The van der Waals surface area contributed by atoms with Crippen LogP contribution in [0.4, 0.5) is 0 Å². The minimum atomic E-state index is 0.788. The van der Waals surface area contributed by atoms with Gasteiger partial charge in [-0.25, -0.2) is 0 Å². The van der Waals surface area contributed by atoms with Gasteiger partial charge in [-0.15, -0.1) is 8.86 Å². The van der Waals surface area contributed by atoms with Gasteiger partial charge in [-0.1, -0.05) is 18.2 Å². The maximum absolute atomic E-state index is 5.44. The summed E-state index contributed by atoms with van der Waals surface area (Å²) < 4.78 is 5.44. The summed E-state index contributed by atoms with van der Waals surface area (Å²) in [6, 6.07) is 8.07. The van der Waals surface area contributed by atoms with Gasteiger partial charge in [0.1, 0.15) is 5.75 Å². The molecule has 1 nitrogen and oxygen atoms in total. The van der Waals surface area contributed by atoms with Gasteiger partial charge in [-0.3, -0.25) is 0 Å². The molecule has 0 fully saturated rings. The highest BCUT2D eigenvalue weighted by molar-refractivity contribution is 7.22. The largest absolute Gasteiger partial charge is 0.493 e. The van der Waals surface area contributed by atoms with Crippen LogP contribution in [0.3, 0.4) is 0 Å². The summed E-state index contributed by atoms with van der Waals surface area (Å²) in [7, 11) is 3.57. The van der Waals surface area contributed by atoms with Gasteiger partial charge in [0.15, 0.2) is 0 Å². The second-order valence-corrected chi connectivity index (χ2v) is 3.18. The number of ether oxygens (including phenoxy) is 1. The zero-order chi connectivity index (χ0) is 7.68. The second-order valence-electron chi connectivity index (χ2n) is 2.57. The van der Waals surface area contributed by atoms with Crippen molar-refractivity contribution in [1.82, 2.24) is 0 Å². The van der Waals surface area contributed by atoms with Crippen molar-refractivity contribution in [3.63, 3.8) is 0 Å². The summed E-state index contributed by atoms with van der Waals surface area (Å²) in [5.41, 5.74) is 1.19. The van der Waals surface area contributed by atoms with E-state index < -0.39 is 0 Å². The standard InChI is InChI=1S/C9H9OP/c11-9-5-6-10-8-4-2-1-3-7(8)9/h1-4,11H,5-6H2. The van der Waals surface area contributed by atoms with Gasteiger partial charge in [-0.05, 0) is 11.4 Å². The van der Waals surface area contributed by atoms with Crippen molar-refractivity contribution in [3.05, 3.63) is 29.8 Å². The normalized spacial score (nSPS) is 15.5. The van der Waals surface area contributed by atoms with E-state index in [1.807, 2.05) is 18.2 Å². The predicted molar refractivity (Wildman–Crippen MR) is 49.0 cm³/mol. The molecule has 1 aliphatic rings. The van der Waals surface area contributed by atoms with Crippen LogP contribution in [0.15, 0.2) is 24.3 Å². The Morgan fingerprint density at radius 3 is 2.91 bits per heavy atom. The smallest absolute Gasteiger partial charge is 0.127 e. The summed E-state index contributed by atoms with van der Waals surface area (Å²) in [6.07, 6.45) is 0.980. The lowest BCUT2D eigenvalue weighted by Gasteiger charge is -2.17. The molecule has 0 aliphatic carbocycles. The fraction of sp³-hybridized carbons (Fsp3) is 0.222. The van der Waals surface area contributed by atoms with Gasteiger partial charge < -0.3 is 4.74 Å². The molecule has 1 aromatic carbocycles. The Bertz CT molecular complexity index is 293. The van der Waals surface area contributed by atoms with Gasteiger partial charge in [-0.2, -0.15) is 0 Å². The molecule has 0 bridgehead atoms. The third kappa shape index (κ3) is 1.17. The first-order chi connectivity index (χ1) is 5.38. The number of benzene rings is 1. The Morgan fingerprint density at radius 1 is 1.27 bits per heavy atom. The minimum absolute atomic E-state index is 0.788. The lowest BCUT2D eigenvalue weighted by Crippen LogP contribution is -2.13. The van der Waals surface area contributed by atoms with E-state index in [2.05, 4.69) is 14.9 Å². The van der Waals surface area contributed by atoms with Crippen LogP contribution in [-0.2, 0) is 0 Å². The quantitative estimate of drug-likeness (QED) is 0.534. The summed E-state index contributed by atoms with van der Waals surface area (Å²) in [5.74, 6) is 0.990. The molecule has 0 atom stereocenters. The molecule has 0 radical (unpaired) electrons. The molecule has 0 unspecified atom stereocenters. The molecule has 1 heterocycles. The van der Waals surface area contributed by atoms with Gasteiger partial charge in [0.25, 0.3) is 0 Å². The molecule has 0 aromatic heterocycles. The van der Waals surface area contributed by atoms with Gasteiger partial charge in [0.2, 0.25) is 0 Å². The van der Waals surface area contributed by atoms with Gasteiger partial charge in [0, 0.05) is 12.0 Å².